The normalized spacial score (nSPS) is 18.5. The van der Waals surface area contributed by atoms with E-state index in [4.69, 9.17) is 4.74 Å². The quantitative estimate of drug-likeness (QED) is 0.842. The lowest BCUT2D eigenvalue weighted by Crippen LogP contribution is -2.41. The number of anilines is 1. The molecule has 0 atom stereocenters. The summed E-state index contributed by atoms with van der Waals surface area (Å²) in [5.41, 5.74) is 0.418. The van der Waals surface area contributed by atoms with Gasteiger partial charge in [0.1, 0.15) is 6.54 Å². The largest absolute Gasteiger partial charge is 0.378 e. The third kappa shape index (κ3) is 4.60. The van der Waals surface area contributed by atoms with Crippen LogP contribution in [0.2, 0.25) is 0 Å². The Kier molecular flexibility index (Phi) is 6.07. The van der Waals surface area contributed by atoms with Gasteiger partial charge in [0, 0.05) is 32.3 Å². The van der Waals surface area contributed by atoms with Gasteiger partial charge in [-0.2, -0.15) is 0 Å². The lowest BCUT2D eigenvalue weighted by Gasteiger charge is -2.24. The highest BCUT2D eigenvalue weighted by Gasteiger charge is 2.22. The number of rotatable bonds is 6. The van der Waals surface area contributed by atoms with Gasteiger partial charge < -0.3 is 15.0 Å². The monoisotopic (exact) mass is 348 g/mol. The van der Waals surface area contributed by atoms with Crippen molar-refractivity contribution in [3.63, 3.8) is 0 Å². The van der Waals surface area contributed by atoms with Crippen LogP contribution in [0.4, 0.5) is 5.95 Å². The van der Waals surface area contributed by atoms with Gasteiger partial charge in [-0.3, -0.25) is 14.2 Å². The van der Waals surface area contributed by atoms with Crippen molar-refractivity contribution in [1.82, 2.24) is 14.9 Å². The minimum absolute atomic E-state index is 0.0292. The van der Waals surface area contributed by atoms with Crippen LogP contribution in [-0.2, 0) is 22.7 Å². The van der Waals surface area contributed by atoms with Crippen molar-refractivity contribution in [2.75, 3.05) is 25.1 Å². The van der Waals surface area contributed by atoms with Gasteiger partial charge in [-0.1, -0.05) is 19.3 Å². The average Bonchev–Trinajstić information content (AvgIpc) is 3.12. The number of nitrogens with zero attached hydrogens (tertiary/aromatic N) is 3. The predicted octanol–water partition coefficient (Wildman–Crippen LogP) is 1.44. The lowest BCUT2D eigenvalue weighted by molar-refractivity contribution is -0.122. The van der Waals surface area contributed by atoms with Gasteiger partial charge in [0.15, 0.2) is 0 Å². The number of carbonyl (C=O) groups excluding carboxylic acids is 1. The molecule has 25 heavy (non-hydrogen) atoms. The number of ether oxygens (including phenoxy) is 1. The summed E-state index contributed by atoms with van der Waals surface area (Å²) in [6, 6.07) is 1.71. The molecule has 1 saturated carbocycles. The second kappa shape index (κ2) is 8.47. The number of carbonyl (C=O) groups is 1. The Morgan fingerprint density at radius 1 is 1.24 bits per heavy atom. The zero-order chi connectivity index (χ0) is 17.6. The molecule has 0 aromatic carbocycles. The van der Waals surface area contributed by atoms with Crippen molar-refractivity contribution < 1.29 is 9.53 Å². The molecule has 1 amide bonds. The molecule has 2 fully saturated rings. The molecule has 2 aliphatic rings. The fraction of sp³-hybridized carbons (Fsp3) is 0.722. The van der Waals surface area contributed by atoms with Gasteiger partial charge in [-0.25, -0.2) is 4.98 Å². The van der Waals surface area contributed by atoms with E-state index in [-0.39, 0.29) is 24.1 Å². The van der Waals surface area contributed by atoms with Crippen molar-refractivity contribution >= 4 is 11.9 Å². The minimum Gasteiger partial charge on any atom is -0.378 e. The van der Waals surface area contributed by atoms with Crippen LogP contribution in [0.15, 0.2) is 10.9 Å². The molecule has 1 aromatic heterocycles. The van der Waals surface area contributed by atoms with Gasteiger partial charge in [0.25, 0.3) is 5.56 Å². The lowest BCUT2D eigenvalue weighted by atomic mass is 9.95. The Morgan fingerprint density at radius 2 is 1.96 bits per heavy atom. The second-order valence-corrected chi connectivity index (χ2v) is 7.00. The Labute approximate surface area is 148 Å². The Hall–Kier alpha value is -1.89. The minimum atomic E-state index is -0.192. The van der Waals surface area contributed by atoms with E-state index in [0.717, 1.165) is 51.6 Å². The zero-order valence-electron chi connectivity index (χ0n) is 15.0. The van der Waals surface area contributed by atoms with Crippen molar-refractivity contribution in [2.45, 2.75) is 64.1 Å². The molecule has 1 aliphatic carbocycles. The predicted molar refractivity (Wildman–Crippen MR) is 95.7 cm³/mol. The summed E-state index contributed by atoms with van der Waals surface area (Å²) in [4.78, 5) is 31.7. The number of hydrogen-bond donors (Lipinski definition) is 1. The molecule has 0 spiro atoms. The first kappa shape index (κ1) is 17.9. The summed E-state index contributed by atoms with van der Waals surface area (Å²) < 4.78 is 6.62. The van der Waals surface area contributed by atoms with Gasteiger partial charge in [0.2, 0.25) is 11.9 Å². The maximum absolute atomic E-state index is 12.6. The molecular weight excluding hydrogens is 320 g/mol. The van der Waals surface area contributed by atoms with E-state index in [2.05, 4.69) is 15.2 Å². The number of amides is 1. The number of hydrogen-bond acceptors (Lipinski definition) is 5. The number of nitrogens with one attached hydrogen (secondary N) is 1. The van der Waals surface area contributed by atoms with Gasteiger partial charge >= 0.3 is 0 Å². The van der Waals surface area contributed by atoms with Crippen molar-refractivity contribution in [3.05, 3.63) is 22.1 Å². The third-order valence-electron chi connectivity index (χ3n) is 4.99. The summed E-state index contributed by atoms with van der Waals surface area (Å²) >= 11 is 0. The van der Waals surface area contributed by atoms with Crippen LogP contribution >= 0.6 is 0 Å². The van der Waals surface area contributed by atoms with E-state index in [0.29, 0.717) is 18.2 Å². The second-order valence-electron chi connectivity index (χ2n) is 7.00. The summed E-state index contributed by atoms with van der Waals surface area (Å²) in [7, 11) is 1.58. The van der Waals surface area contributed by atoms with E-state index >= 15 is 0 Å². The molecule has 138 valence electrons. The van der Waals surface area contributed by atoms with Crippen molar-refractivity contribution in [1.29, 1.82) is 0 Å². The third-order valence-corrected chi connectivity index (χ3v) is 4.99. The van der Waals surface area contributed by atoms with Gasteiger partial charge in [0.05, 0.1) is 12.3 Å². The standard InChI is InChI=1S/C18H28N4O3/c1-25-13-15-11-17(24)22(18(20-15)21-9-5-6-10-21)12-16(23)19-14-7-3-2-4-8-14/h11,14H,2-10,12-13H2,1H3,(H,19,23). The molecule has 3 rings (SSSR count). The van der Waals surface area contributed by atoms with Crippen LogP contribution in [0.5, 0.6) is 0 Å². The molecule has 0 bridgehead atoms. The first-order valence-electron chi connectivity index (χ1n) is 9.31. The molecule has 7 nitrogen and oxygen atoms in total. The maximum Gasteiger partial charge on any atom is 0.255 e. The fourth-order valence-electron chi connectivity index (χ4n) is 3.73. The van der Waals surface area contributed by atoms with Crippen LogP contribution in [0.1, 0.15) is 50.6 Å². The molecule has 0 radical (unpaired) electrons. The number of aromatic nitrogens is 2. The summed E-state index contributed by atoms with van der Waals surface area (Å²) in [5, 5.41) is 3.08. The van der Waals surface area contributed by atoms with Crippen LogP contribution in [-0.4, -0.2) is 41.7 Å². The molecule has 7 heteroatoms. The molecule has 2 heterocycles. The van der Waals surface area contributed by atoms with E-state index in [1.165, 1.54) is 17.1 Å². The number of methoxy groups -OCH3 is 1. The van der Waals surface area contributed by atoms with Crippen molar-refractivity contribution in [2.24, 2.45) is 0 Å². The first-order valence-corrected chi connectivity index (χ1v) is 9.31. The Bertz CT molecular complexity index is 646. The molecule has 1 saturated heterocycles. The Balaban J connectivity index is 1.78. The van der Waals surface area contributed by atoms with Crippen LogP contribution in [0, 0.1) is 0 Å². The molecule has 1 aliphatic heterocycles. The highest BCUT2D eigenvalue weighted by Crippen LogP contribution is 2.19. The Morgan fingerprint density at radius 3 is 2.64 bits per heavy atom. The van der Waals surface area contributed by atoms with E-state index in [1.807, 2.05) is 0 Å². The maximum atomic E-state index is 12.6. The molecular formula is C18H28N4O3. The fourth-order valence-corrected chi connectivity index (χ4v) is 3.73. The van der Waals surface area contributed by atoms with Crippen LogP contribution in [0.25, 0.3) is 0 Å². The summed E-state index contributed by atoms with van der Waals surface area (Å²) in [5.74, 6) is 0.492. The topological polar surface area (TPSA) is 76.5 Å². The smallest absolute Gasteiger partial charge is 0.255 e. The highest BCUT2D eigenvalue weighted by molar-refractivity contribution is 5.76. The molecule has 1 aromatic rings. The summed E-state index contributed by atoms with van der Waals surface area (Å²) in [6.45, 7) is 2.06. The zero-order valence-corrected chi connectivity index (χ0v) is 15.0. The highest BCUT2D eigenvalue weighted by atomic mass is 16.5. The summed E-state index contributed by atoms with van der Waals surface area (Å²) in [6.07, 6.45) is 7.80. The molecule has 1 N–H and O–H groups in total. The SMILES string of the molecule is COCc1cc(=O)n(CC(=O)NC2CCCCC2)c(N2CCCC2)n1. The van der Waals surface area contributed by atoms with E-state index in [1.54, 1.807) is 7.11 Å². The van der Waals surface area contributed by atoms with Gasteiger partial charge in [-0.05, 0) is 25.7 Å². The first-order chi connectivity index (χ1) is 12.2. The van der Waals surface area contributed by atoms with Crippen LogP contribution < -0.4 is 15.8 Å². The van der Waals surface area contributed by atoms with E-state index < -0.39 is 0 Å². The average molecular weight is 348 g/mol. The van der Waals surface area contributed by atoms with Crippen molar-refractivity contribution in [3.8, 4) is 0 Å². The van der Waals surface area contributed by atoms with Crippen LogP contribution in [0.3, 0.4) is 0 Å². The van der Waals surface area contributed by atoms with Gasteiger partial charge in [-0.15, -0.1) is 0 Å². The van der Waals surface area contributed by atoms with E-state index in [9.17, 15) is 9.59 Å². The molecule has 0 unspecified atom stereocenters.